The number of nitrogens with zero attached hydrogens (tertiary/aromatic N) is 5. The van der Waals surface area contributed by atoms with Crippen molar-refractivity contribution in [3.05, 3.63) is 108 Å². The molecule has 272 valence electrons. The Balaban J connectivity index is 0.936. The summed E-state index contributed by atoms with van der Waals surface area (Å²) in [6.45, 7) is 1.92. The molecule has 0 spiro atoms. The zero-order chi connectivity index (χ0) is 36.5. The van der Waals surface area contributed by atoms with Crippen LogP contribution in [-0.2, 0) is 14.3 Å². The Hall–Kier alpha value is -5.75. The van der Waals surface area contributed by atoms with Crippen LogP contribution in [0.4, 0.5) is 4.79 Å². The molecule has 0 saturated carbocycles. The molecule has 12 nitrogen and oxygen atoms in total. The Kier molecular flexibility index (Phi) is 9.53. The second kappa shape index (κ2) is 14.7. The molecule has 3 N–H and O–H groups in total. The second-order valence-corrected chi connectivity index (χ2v) is 14.1. The summed E-state index contributed by atoms with van der Waals surface area (Å²) in [5, 5.41) is 9.77. The number of imidazole rings is 2. The Bertz CT molecular complexity index is 2070. The number of carbonyl (C=O) groups is 3. The van der Waals surface area contributed by atoms with Crippen LogP contribution in [0.3, 0.4) is 0 Å². The first-order chi connectivity index (χ1) is 25.9. The number of rotatable bonds is 9. The lowest BCUT2D eigenvalue weighted by Gasteiger charge is -2.32. The van der Waals surface area contributed by atoms with Gasteiger partial charge in [-0.3, -0.25) is 14.5 Å². The number of likely N-dealkylation sites (N-methyl/N-ethyl adjacent to an activating group) is 1. The molecule has 3 aliphatic rings. The predicted octanol–water partition coefficient (Wildman–Crippen LogP) is 6.99. The van der Waals surface area contributed by atoms with Gasteiger partial charge in [0.15, 0.2) is 0 Å². The Labute approximate surface area is 307 Å². The predicted molar refractivity (Wildman–Crippen MR) is 198 cm³/mol. The zero-order valence-corrected chi connectivity index (χ0v) is 29.6. The van der Waals surface area contributed by atoms with Crippen molar-refractivity contribution in [2.75, 3.05) is 26.7 Å². The Morgan fingerprint density at radius 3 is 1.79 bits per heavy atom. The normalized spacial score (nSPS) is 20.5. The molecule has 5 heterocycles. The van der Waals surface area contributed by atoms with Gasteiger partial charge in [-0.1, -0.05) is 78.9 Å². The number of hydrogen-bond acceptors (Lipinski definition) is 6. The van der Waals surface area contributed by atoms with Crippen molar-refractivity contribution in [2.24, 2.45) is 0 Å². The van der Waals surface area contributed by atoms with Gasteiger partial charge in [-0.25, -0.2) is 14.8 Å². The fourth-order valence-electron chi connectivity index (χ4n) is 8.01. The van der Waals surface area contributed by atoms with Gasteiger partial charge in [-0.2, -0.15) is 0 Å². The molecule has 3 saturated heterocycles. The smallest absolute Gasteiger partial charge is 0.407 e. The third kappa shape index (κ3) is 6.82. The van der Waals surface area contributed by atoms with Crippen LogP contribution in [0.5, 0.6) is 0 Å². The van der Waals surface area contributed by atoms with Crippen LogP contribution < -0.4 is 0 Å². The fourth-order valence-corrected chi connectivity index (χ4v) is 8.01. The average Bonchev–Trinajstić information content (AvgIpc) is 4.05. The number of carbonyl (C=O) groups excluding carboxylic acids is 2. The SMILES string of the molecule is CN(C(=O)O)[C@@H](C(=O)N1CCC[C@H]1c1ncc(-c2ccc(-c3ccc(-c4cnc([C@@H]5CCCN5C(=O)[C@@H]5CCCO5)[nH]4)cc3)cc2)[nH]1)c1ccccc1. The minimum atomic E-state index is -1.16. The van der Waals surface area contributed by atoms with E-state index in [1.807, 2.05) is 29.3 Å². The molecule has 0 unspecified atom stereocenters. The molecule has 8 rings (SSSR count). The Morgan fingerprint density at radius 2 is 1.26 bits per heavy atom. The summed E-state index contributed by atoms with van der Waals surface area (Å²) in [6.07, 6.45) is 7.27. The number of hydrogen-bond donors (Lipinski definition) is 3. The number of likely N-dealkylation sites (tertiary alicyclic amines) is 2. The molecule has 4 atom stereocenters. The van der Waals surface area contributed by atoms with E-state index in [0.29, 0.717) is 24.5 Å². The van der Waals surface area contributed by atoms with Crippen LogP contribution in [0.15, 0.2) is 91.3 Å². The molecule has 2 aromatic heterocycles. The van der Waals surface area contributed by atoms with Gasteiger partial charge in [0.05, 0.1) is 35.9 Å². The van der Waals surface area contributed by atoms with Crippen molar-refractivity contribution in [3.63, 3.8) is 0 Å². The van der Waals surface area contributed by atoms with Crippen LogP contribution in [0.25, 0.3) is 33.6 Å². The first-order valence-corrected chi connectivity index (χ1v) is 18.4. The van der Waals surface area contributed by atoms with Crippen molar-refractivity contribution < 1.29 is 24.2 Å². The van der Waals surface area contributed by atoms with E-state index in [2.05, 4.69) is 68.5 Å². The third-order valence-electron chi connectivity index (χ3n) is 10.9. The molecule has 5 aromatic rings. The maximum atomic E-state index is 13.9. The fraction of sp³-hybridized carbons (Fsp3) is 0.341. The van der Waals surface area contributed by atoms with Gasteiger partial charge in [0, 0.05) is 26.7 Å². The number of carboxylic acid groups (broad SMARTS) is 1. The standard InChI is InChI=1S/C41H43N7O5/c1-46(41(51)52)36(30-8-3-2-4-9-30)40(50)48-22-6-11-34(48)38-43-25-32(45-38)29-19-15-27(16-20-29)26-13-17-28(18-14-26)31-24-42-37(44-31)33-10-5-21-47(33)39(49)35-12-7-23-53-35/h2-4,8-9,13-20,24-25,33-36H,5-7,10-12,21-23H2,1H3,(H,42,44)(H,43,45)(H,51,52)/t33-,34-,35-,36+/m0/s1. The van der Waals surface area contributed by atoms with Crippen molar-refractivity contribution in [1.82, 2.24) is 34.6 Å². The van der Waals surface area contributed by atoms with E-state index in [1.165, 1.54) is 7.05 Å². The first-order valence-electron chi connectivity index (χ1n) is 18.4. The lowest BCUT2D eigenvalue weighted by atomic mass is 10.0. The van der Waals surface area contributed by atoms with E-state index in [9.17, 15) is 19.5 Å². The summed E-state index contributed by atoms with van der Waals surface area (Å²) in [5.41, 5.74) is 6.53. The number of amides is 3. The van der Waals surface area contributed by atoms with E-state index in [4.69, 9.17) is 4.74 Å². The van der Waals surface area contributed by atoms with Crippen LogP contribution in [0, 0.1) is 0 Å². The lowest BCUT2D eigenvalue weighted by Crippen LogP contribution is -2.43. The van der Waals surface area contributed by atoms with Crippen LogP contribution in [0.1, 0.15) is 73.9 Å². The molecule has 0 bridgehead atoms. The molecule has 3 amide bonds. The number of nitrogens with one attached hydrogen (secondary N) is 2. The monoisotopic (exact) mass is 713 g/mol. The molecule has 3 aliphatic heterocycles. The van der Waals surface area contributed by atoms with E-state index in [-0.39, 0.29) is 30.0 Å². The van der Waals surface area contributed by atoms with Gasteiger partial charge in [0.2, 0.25) is 0 Å². The van der Waals surface area contributed by atoms with Gasteiger partial charge in [-0.15, -0.1) is 0 Å². The van der Waals surface area contributed by atoms with Crippen molar-refractivity contribution >= 4 is 17.9 Å². The zero-order valence-electron chi connectivity index (χ0n) is 29.6. The van der Waals surface area contributed by atoms with Crippen molar-refractivity contribution in [2.45, 2.75) is 62.8 Å². The highest BCUT2D eigenvalue weighted by Gasteiger charge is 2.39. The third-order valence-corrected chi connectivity index (χ3v) is 10.9. The van der Waals surface area contributed by atoms with E-state index < -0.39 is 12.1 Å². The summed E-state index contributed by atoms with van der Waals surface area (Å²) in [4.78, 5) is 60.0. The molecular weight excluding hydrogens is 670 g/mol. The summed E-state index contributed by atoms with van der Waals surface area (Å²) in [5.74, 6) is 1.33. The largest absolute Gasteiger partial charge is 0.465 e. The number of H-pyrrole nitrogens is 2. The maximum absolute atomic E-state index is 13.9. The highest BCUT2D eigenvalue weighted by atomic mass is 16.5. The molecule has 0 radical (unpaired) electrons. The van der Waals surface area contributed by atoms with Crippen LogP contribution in [-0.4, -0.2) is 90.5 Å². The van der Waals surface area contributed by atoms with Gasteiger partial charge < -0.3 is 29.6 Å². The summed E-state index contributed by atoms with van der Waals surface area (Å²) < 4.78 is 5.67. The van der Waals surface area contributed by atoms with E-state index in [1.54, 1.807) is 23.2 Å². The topological polar surface area (TPSA) is 148 Å². The van der Waals surface area contributed by atoms with Gasteiger partial charge in [0.1, 0.15) is 23.8 Å². The lowest BCUT2D eigenvalue weighted by molar-refractivity contribution is -0.142. The average molecular weight is 714 g/mol. The molecule has 12 heteroatoms. The summed E-state index contributed by atoms with van der Waals surface area (Å²) in [6, 6.07) is 24.4. The van der Waals surface area contributed by atoms with Crippen molar-refractivity contribution in [1.29, 1.82) is 0 Å². The van der Waals surface area contributed by atoms with Gasteiger partial charge in [-0.05, 0) is 66.3 Å². The molecule has 3 fully saturated rings. The minimum absolute atomic E-state index is 0.0541. The van der Waals surface area contributed by atoms with E-state index >= 15 is 0 Å². The number of benzene rings is 3. The summed E-state index contributed by atoms with van der Waals surface area (Å²) in [7, 11) is 1.43. The molecular formula is C41H43N7O5. The Morgan fingerprint density at radius 1 is 0.736 bits per heavy atom. The van der Waals surface area contributed by atoms with Crippen LogP contribution in [0.2, 0.25) is 0 Å². The maximum Gasteiger partial charge on any atom is 0.407 e. The van der Waals surface area contributed by atoms with Gasteiger partial charge in [0.25, 0.3) is 11.8 Å². The second-order valence-electron chi connectivity index (χ2n) is 14.1. The van der Waals surface area contributed by atoms with Gasteiger partial charge >= 0.3 is 6.09 Å². The summed E-state index contributed by atoms with van der Waals surface area (Å²) >= 11 is 0. The highest BCUT2D eigenvalue weighted by molar-refractivity contribution is 5.87. The minimum Gasteiger partial charge on any atom is -0.465 e. The number of ether oxygens (including phenoxy) is 1. The molecule has 3 aromatic carbocycles. The quantitative estimate of drug-likeness (QED) is 0.149. The number of aromatic amines is 2. The molecule has 0 aliphatic carbocycles. The first kappa shape index (κ1) is 34.3. The molecule has 53 heavy (non-hydrogen) atoms. The number of aromatic nitrogens is 4. The van der Waals surface area contributed by atoms with Crippen molar-refractivity contribution in [3.8, 4) is 33.6 Å². The van der Waals surface area contributed by atoms with E-state index in [0.717, 1.165) is 89.4 Å². The van der Waals surface area contributed by atoms with Crippen LogP contribution >= 0.6 is 0 Å². The highest BCUT2D eigenvalue weighted by Crippen LogP contribution is 2.37.